The average Bonchev–Trinajstić information content (AvgIpc) is 2.61. The number of hydrogen-bond donors (Lipinski definition) is 1. The maximum atomic E-state index is 13.1. The molecule has 1 fully saturated rings. The summed E-state index contributed by atoms with van der Waals surface area (Å²) < 4.78 is 0. The minimum Gasteiger partial charge on any atom is -0.302 e. The van der Waals surface area contributed by atoms with Gasteiger partial charge in [-0.15, -0.1) is 0 Å². The molecule has 25 heavy (non-hydrogen) atoms. The molecule has 3 rings (SSSR count). The van der Waals surface area contributed by atoms with Crippen LogP contribution in [0, 0.1) is 11.8 Å². The number of ketones is 1. The van der Waals surface area contributed by atoms with Gasteiger partial charge in [0.05, 0.1) is 0 Å². The Bertz CT molecular complexity index is 727. The first-order chi connectivity index (χ1) is 12.0. The molecule has 2 nitrogen and oxygen atoms in total. The van der Waals surface area contributed by atoms with Crippen molar-refractivity contribution in [3.8, 4) is 0 Å². The molecule has 0 aliphatic carbocycles. The van der Waals surface area contributed by atoms with Crippen LogP contribution in [0.25, 0.3) is 0 Å². The Kier molecular flexibility index (Phi) is 5.83. The molecule has 0 aromatic heterocycles. The van der Waals surface area contributed by atoms with Crippen molar-refractivity contribution in [2.45, 2.75) is 38.8 Å². The van der Waals surface area contributed by atoms with Crippen LogP contribution < -0.4 is 5.32 Å². The van der Waals surface area contributed by atoms with Crippen LogP contribution in [0.4, 0.5) is 0 Å². The van der Waals surface area contributed by atoms with Crippen LogP contribution >= 0.6 is 23.2 Å². The average molecular weight is 376 g/mol. The van der Waals surface area contributed by atoms with E-state index in [2.05, 4.69) is 12.2 Å². The molecule has 1 aliphatic rings. The van der Waals surface area contributed by atoms with Crippen molar-refractivity contribution in [3.63, 3.8) is 0 Å². The van der Waals surface area contributed by atoms with Gasteiger partial charge in [-0.1, -0.05) is 67.7 Å². The normalized spacial score (nSPS) is 26.6. The maximum absolute atomic E-state index is 13.1. The van der Waals surface area contributed by atoms with Gasteiger partial charge in [0.25, 0.3) is 0 Å². The molecule has 1 heterocycles. The minimum absolute atomic E-state index is 0.00148. The fourth-order valence-corrected chi connectivity index (χ4v) is 4.05. The quantitative estimate of drug-likeness (QED) is 0.709. The van der Waals surface area contributed by atoms with Gasteiger partial charge in [-0.3, -0.25) is 4.79 Å². The Morgan fingerprint density at radius 3 is 1.84 bits per heavy atom. The van der Waals surface area contributed by atoms with Gasteiger partial charge >= 0.3 is 0 Å². The van der Waals surface area contributed by atoms with Gasteiger partial charge in [-0.25, -0.2) is 0 Å². The fraction of sp³-hybridized carbons (Fsp3) is 0.381. The summed E-state index contributed by atoms with van der Waals surface area (Å²) in [4.78, 5) is 13.1. The van der Waals surface area contributed by atoms with E-state index >= 15 is 0 Å². The number of benzene rings is 2. The number of carbonyl (C=O) groups excluding carboxylic acids is 1. The highest BCUT2D eigenvalue weighted by atomic mass is 35.5. The van der Waals surface area contributed by atoms with E-state index in [1.54, 1.807) is 0 Å². The zero-order valence-corrected chi connectivity index (χ0v) is 16.0. The molecule has 0 saturated carbocycles. The predicted molar refractivity (Wildman–Crippen MR) is 104 cm³/mol. The molecule has 0 amide bonds. The van der Waals surface area contributed by atoms with Gasteiger partial charge in [0.2, 0.25) is 0 Å². The number of hydrogen-bond acceptors (Lipinski definition) is 2. The second-order valence-electron chi connectivity index (χ2n) is 6.81. The van der Waals surface area contributed by atoms with Crippen LogP contribution in [0.1, 0.15) is 49.9 Å². The molecule has 2 aromatic carbocycles. The van der Waals surface area contributed by atoms with Crippen molar-refractivity contribution < 1.29 is 4.79 Å². The van der Waals surface area contributed by atoms with Crippen LogP contribution in [0.2, 0.25) is 10.0 Å². The smallest absolute Gasteiger partial charge is 0.142 e. The Morgan fingerprint density at radius 1 is 0.880 bits per heavy atom. The summed E-state index contributed by atoms with van der Waals surface area (Å²) in [6.07, 6.45) is 1.87. The Labute approximate surface area is 159 Å². The lowest BCUT2D eigenvalue weighted by atomic mass is 9.74. The molecule has 4 atom stereocenters. The molecule has 2 aromatic rings. The summed E-state index contributed by atoms with van der Waals surface area (Å²) in [5, 5.41) is 5.15. The lowest BCUT2D eigenvalue weighted by Gasteiger charge is -2.41. The zero-order chi connectivity index (χ0) is 18.0. The molecule has 132 valence electrons. The van der Waals surface area contributed by atoms with Gasteiger partial charge < -0.3 is 5.32 Å². The van der Waals surface area contributed by atoms with Gasteiger partial charge in [0, 0.05) is 34.0 Å². The van der Waals surface area contributed by atoms with Gasteiger partial charge in [0.15, 0.2) is 0 Å². The van der Waals surface area contributed by atoms with Crippen molar-refractivity contribution in [2.75, 3.05) is 0 Å². The number of rotatable bonds is 4. The van der Waals surface area contributed by atoms with Gasteiger partial charge in [0.1, 0.15) is 5.78 Å². The zero-order valence-electron chi connectivity index (χ0n) is 14.5. The second-order valence-corrected chi connectivity index (χ2v) is 7.68. The SMILES string of the molecule is CCC[C@H]1C(=O)[C@@H](C)[C@@H](c2ccc(Cl)cc2)N[C@H]1c1ccc(Cl)cc1. The lowest BCUT2D eigenvalue weighted by molar-refractivity contribution is -0.131. The molecular weight excluding hydrogens is 353 g/mol. The molecule has 0 radical (unpaired) electrons. The predicted octanol–water partition coefficient (Wildman–Crippen LogP) is 6.00. The van der Waals surface area contributed by atoms with E-state index in [-0.39, 0.29) is 23.9 Å². The maximum Gasteiger partial charge on any atom is 0.142 e. The van der Waals surface area contributed by atoms with E-state index in [0.717, 1.165) is 24.0 Å². The fourth-order valence-electron chi connectivity index (χ4n) is 3.79. The van der Waals surface area contributed by atoms with Gasteiger partial charge in [-0.05, 0) is 41.8 Å². The second kappa shape index (κ2) is 7.90. The van der Waals surface area contributed by atoms with Crippen LogP contribution in [0.5, 0.6) is 0 Å². The third-order valence-corrected chi connectivity index (χ3v) is 5.64. The van der Waals surface area contributed by atoms with E-state index in [1.807, 2.05) is 55.5 Å². The van der Waals surface area contributed by atoms with E-state index < -0.39 is 0 Å². The number of Topliss-reactive ketones (excluding diaryl/α,β-unsaturated/α-hetero) is 1. The molecule has 0 unspecified atom stereocenters. The first kappa shape index (κ1) is 18.4. The third-order valence-electron chi connectivity index (χ3n) is 5.13. The largest absolute Gasteiger partial charge is 0.302 e. The molecule has 0 bridgehead atoms. The van der Waals surface area contributed by atoms with E-state index in [4.69, 9.17) is 23.2 Å². The minimum atomic E-state index is -0.0683. The van der Waals surface area contributed by atoms with Gasteiger partial charge in [-0.2, -0.15) is 0 Å². The third kappa shape index (κ3) is 3.92. The first-order valence-electron chi connectivity index (χ1n) is 8.82. The van der Waals surface area contributed by atoms with E-state index in [9.17, 15) is 4.79 Å². The van der Waals surface area contributed by atoms with Crippen LogP contribution in [0.3, 0.4) is 0 Å². The Balaban J connectivity index is 1.96. The summed E-state index contributed by atoms with van der Waals surface area (Å²) in [7, 11) is 0. The summed E-state index contributed by atoms with van der Waals surface area (Å²) >= 11 is 12.1. The van der Waals surface area contributed by atoms with Crippen LogP contribution in [-0.4, -0.2) is 5.78 Å². The summed E-state index contributed by atoms with van der Waals surface area (Å²) in [6, 6.07) is 15.6. The van der Waals surface area contributed by atoms with Crippen LogP contribution in [-0.2, 0) is 4.79 Å². The van der Waals surface area contributed by atoms with Crippen molar-refractivity contribution in [3.05, 3.63) is 69.7 Å². The Hall–Kier alpha value is -1.35. The standard InChI is InChI=1S/C21H23Cl2NO/c1-3-4-18-20(15-7-11-17(23)12-8-15)24-19(13(2)21(18)25)14-5-9-16(22)10-6-14/h5-13,18-20,24H,3-4H2,1-2H3/t13-,18+,19-,20-/m0/s1. The number of nitrogens with one attached hydrogen (secondary N) is 1. The first-order valence-corrected chi connectivity index (χ1v) is 9.57. The number of piperidine rings is 1. The number of halogens is 2. The van der Waals surface area contributed by atoms with E-state index in [0.29, 0.717) is 15.8 Å². The highest BCUT2D eigenvalue weighted by Gasteiger charge is 2.41. The topological polar surface area (TPSA) is 29.1 Å². The molecule has 1 saturated heterocycles. The van der Waals surface area contributed by atoms with Crippen molar-refractivity contribution in [1.29, 1.82) is 0 Å². The van der Waals surface area contributed by atoms with Crippen molar-refractivity contribution in [1.82, 2.24) is 5.32 Å². The lowest BCUT2D eigenvalue weighted by Crippen LogP contribution is -2.47. The van der Waals surface area contributed by atoms with Crippen molar-refractivity contribution >= 4 is 29.0 Å². The highest BCUT2D eigenvalue weighted by molar-refractivity contribution is 6.30. The number of carbonyl (C=O) groups is 1. The monoisotopic (exact) mass is 375 g/mol. The molecule has 1 N–H and O–H groups in total. The van der Waals surface area contributed by atoms with Crippen LogP contribution in [0.15, 0.2) is 48.5 Å². The molecule has 4 heteroatoms. The summed E-state index contributed by atoms with van der Waals surface area (Å²) in [5.41, 5.74) is 2.21. The molecule has 1 aliphatic heterocycles. The highest BCUT2D eigenvalue weighted by Crippen LogP contribution is 2.40. The molecular formula is C21H23Cl2NO. The Morgan fingerprint density at radius 2 is 1.36 bits per heavy atom. The summed E-state index contributed by atoms with van der Waals surface area (Å²) in [5.74, 6) is 0.256. The van der Waals surface area contributed by atoms with E-state index in [1.165, 1.54) is 0 Å². The summed E-state index contributed by atoms with van der Waals surface area (Å²) in [6.45, 7) is 4.15. The van der Waals surface area contributed by atoms with Crippen molar-refractivity contribution in [2.24, 2.45) is 11.8 Å². The molecule has 0 spiro atoms.